The van der Waals surface area contributed by atoms with Crippen molar-refractivity contribution in [3.8, 4) is 22.2 Å². The quantitative estimate of drug-likeness (QED) is 0.493. The van der Waals surface area contributed by atoms with Crippen LogP contribution in [0.15, 0.2) is 57.2 Å². The van der Waals surface area contributed by atoms with Gasteiger partial charge in [-0.05, 0) is 30.2 Å². The molecule has 0 bridgehead atoms. The third-order valence-electron chi connectivity index (χ3n) is 4.24. The second-order valence-corrected chi connectivity index (χ2v) is 7.64. The third-order valence-corrected chi connectivity index (χ3v) is 5.14. The molecule has 29 heavy (non-hydrogen) atoms. The third kappa shape index (κ3) is 4.40. The number of hydrogen-bond donors (Lipinski definition) is 1. The lowest BCUT2D eigenvalue weighted by Gasteiger charge is -2.18. The Bertz CT molecular complexity index is 1070. The minimum absolute atomic E-state index is 0.0651. The van der Waals surface area contributed by atoms with Crippen LogP contribution in [-0.4, -0.2) is 26.0 Å². The largest absolute Gasteiger partial charge is 0.462 e. The second kappa shape index (κ2) is 8.36. The molecular weight excluding hydrogens is 390 g/mol. The zero-order valence-electron chi connectivity index (χ0n) is 15.9. The van der Waals surface area contributed by atoms with E-state index in [9.17, 15) is 4.79 Å². The molecule has 148 valence electrons. The summed E-state index contributed by atoms with van der Waals surface area (Å²) in [6.07, 6.45) is 5.10. The standard InChI is InChI=1S/C20H19N5O3S/c1-12(2)17(19-24-18(25-28-19)13-5-3-7-21-10-13)23-16(26)9-14-11-29-20(22-14)15-6-4-8-27-15/h3-8,10-12,17H,9H2,1-2H3,(H,23,26). The van der Waals surface area contributed by atoms with Crippen LogP contribution in [0.3, 0.4) is 0 Å². The lowest BCUT2D eigenvalue weighted by molar-refractivity contribution is -0.121. The van der Waals surface area contributed by atoms with Crippen molar-refractivity contribution in [2.24, 2.45) is 5.92 Å². The van der Waals surface area contributed by atoms with E-state index in [4.69, 9.17) is 8.94 Å². The number of rotatable bonds is 7. The number of thiazole rings is 1. The van der Waals surface area contributed by atoms with Gasteiger partial charge in [0.1, 0.15) is 6.04 Å². The van der Waals surface area contributed by atoms with Crippen LogP contribution < -0.4 is 5.32 Å². The van der Waals surface area contributed by atoms with Crippen LogP contribution in [0.5, 0.6) is 0 Å². The van der Waals surface area contributed by atoms with Crippen LogP contribution >= 0.6 is 11.3 Å². The van der Waals surface area contributed by atoms with Gasteiger partial charge >= 0.3 is 0 Å². The molecule has 8 nitrogen and oxygen atoms in total. The molecule has 4 rings (SSSR count). The van der Waals surface area contributed by atoms with Crippen molar-refractivity contribution >= 4 is 17.2 Å². The van der Waals surface area contributed by atoms with Crippen molar-refractivity contribution in [3.05, 3.63) is 59.9 Å². The van der Waals surface area contributed by atoms with Gasteiger partial charge in [0.15, 0.2) is 10.8 Å². The first kappa shape index (κ1) is 19.0. The molecule has 0 radical (unpaired) electrons. The Kier molecular flexibility index (Phi) is 5.48. The maximum atomic E-state index is 12.6. The molecule has 4 heterocycles. The van der Waals surface area contributed by atoms with Gasteiger partial charge in [0, 0.05) is 23.3 Å². The van der Waals surface area contributed by atoms with Crippen molar-refractivity contribution in [2.45, 2.75) is 26.3 Å². The topological polar surface area (TPSA) is 107 Å². The molecule has 0 fully saturated rings. The normalized spacial score (nSPS) is 12.2. The zero-order valence-corrected chi connectivity index (χ0v) is 16.7. The zero-order chi connectivity index (χ0) is 20.2. The Morgan fingerprint density at radius 3 is 2.86 bits per heavy atom. The lowest BCUT2D eigenvalue weighted by atomic mass is 10.0. The predicted molar refractivity (Wildman–Crippen MR) is 107 cm³/mol. The molecule has 4 aromatic rings. The van der Waals surface area contributed by atoms with Crippen molar-refractivity contribution < 1.29 is 13.7 Å². The highest BCUT2D eigenvalue weighted by molar-refractivity contribution is 7.13. The van der Waals surface area contributed by atoms with Gasteiger partial charge in [0.05, 0.1) is 18.4 Å². The summed E-state index contributed by atoms with van der Waals surface area (Å²) in [5.74, 6) is 1.39. The number of pyridine rings is 1. The summed E-state index contributed by atoms with van der Waals surface area (Å²) in [5, 5.41) is 9.60. The van der Waals surface area contributed by atoms with E-state index >= 15 is 0 Å². The van der Waals surface area contributed by atoms with Crippen LogP contribution in [0.4, 0.5) is 0 Å². The van der Waals surface area contributed by atoms with Gasteiger partial charge in [0.25, 0.3) is 0 Å². The SMILES string of the molecule is CC(C)C(NC(=O)Cc1csc(-c2ccco2)n1)c1nc(-c2cccnc2)no1. The fraction of sp³-hybridized carbons (Fsp3) is 0.250. The number of nitrogens with zero attached hydrogens (tertiary/aromatic N) is 4. The van der Waals surface area contributed by atoms with E-state index in [1.807, 2.05) is 31.4 Å². The molecule has 0 aromatic carbocycles. The average molecular weight is 409 g/mol. The fourth-order valence-corrected chi connectivity index (χ4v) is 3.56. The summed E-state index contributed by atoms with van der Waals surface area (Å²) in [6, 6.07) is 6.90. The second-order valence-electron chi connectivity index (χ2n) is 6.79. The first-order valence-corrected chi connectivity index (χ1v) is 10.00. The molecule has 0 saturated heterocycles. The van der Waals surface area contributed by atoms with Crippen molar-refractivity contribution in [1.29, 1.82) is 0 Å². The van der Waals surface area contributed by atoms with Crippen molar-refractivity contribution in [1.82, 2.24) is 25.4 Å². The van der Waals surface area contributed by atoms with Crippen molar-refractivity contribution in [3.63, 3.8) is 0 Å². The molecule has 1 amide bonds. The summed E-state index contributed by atoms with van der Waals surface area (Å²) in [5.41, 5.74) is 1.44. The maximum absolute atomic E-state index is 12.6. The average Bonchev–Trinajstić information content (AvgIpc) is 3.47. The van der Waals surface area contributed by atoms with Crippen LogP contribution in [0.2, 0.25) is 0 Å². The molecule has 1 unspecified atom stereocenters. The number of carbonyl (C=O) groups is 1. The van der Waals surface area contributed by atoms with Gasteiger partial charge in [-0.1, -0.05) is 19.0 Å². The molecule has 4 aromatic heterocycles. The number of furan rings is 1. The van der Waals surface area contributed by atoms with E-state index in [-0.39, 0.29) is 18.2 Å². The van der Waals surface area contributed by atoms with Gasteiger partial charge in [-0.15, -0.1) is 11.3 Å². The molecule has 0 aliphatic carbocycles. The Morgan fingerprint density at radius 1 is 1.24 bits per heavy atom. The Labute approximate surface area is 171 Å². The molecule has 9 heteroatoms. The molecule has 0 saturated carbocycles. The Morgan fingerprint density at radius 2 is 2.14 bits per heavy atom. The van der Waals surface area contributed by atoms with E-state index in [1.165, 1.54) is 11.3 Å². The van der Waals surface area contributed by atoms with E-state index in [0.717, 1.165) is 10.6 Å². The van der Waals surface area contributed by atoms with Gasteiger partial charge < -0.3 is 14.3 Å². The fourth-order valence-electron chi connectivity index (χ4n) is 2.78. The number of aromatic nitrogens is 4. The molecular formula is C20H19N5O3S. The lowest BCUT2D eigenvalue weighted by Crippen LogP contribution is -2.33. The maximum Gasteiger partial charge on any atom is 0.249 e. The highest BCUT2D eigenvalue weighted by atomic mass is 32.1. The highest BCUT2D eigenvalue weighted by Crippen LogP contribution is 2.25. The number of amides is 1. The van der Waals surface area contributed by atoms with Crippen molar-refractivity contribution in [2.75, 3.05) is 0 Å². The summed E-state index contributed by atoms with van der Waals surface area (Å²) >= 11 is 1.44. The summed E-state index contributed by atoms with van der Waals surface area (Å²) in [7, 11) is 0. The highest BCUT2D eigenvalue weighted by Gasteiger charge is 2.25. The summed E-state index contributed by atoms with van der Waals surface area (Å²) in [6.45, 7) is 3.97. The van der Waals surface area contributed by atoms with Gasteiger partial charge in [-0.2, -0.15) is 4.98 Å². The molecule has 1 atom stereocenters. The van der Waals surface area contributed by atoms with Gasteiger partial charge in [-0.25, -0.2) is 4.98 Å². The molecule has 0 spiro atoms. The predicted octanol–water partition coefficient (Wildman–Crippen LogP) is 3.90. The molecule has 0 aliphatic heterocycles. The van der Waals surface area contributed by atoms with Gasteiger partial charge in [-0.3, -0.25) is 9.78 Å². The summed E-state index contributed by atoms with van der Waals surface area (Å²) in [4.78, 5) is 25.6. The minimum atomic E-state index is -0.399. The monoisotopic (exact) mass is 409 g/mol. The first-order valence-electron chi connectivity index (χ1n) is 9.12. The first-order chi connectivity index (χ1) is 14.1. The molecule has 0 aliphatic rings. The van der Waals surface area contributed by atoms with E-state index in [2.05, 4.69) is 25.4 Å². The van der Waals surface area contributed by atoms with Crippen LogP contribution in [0.25, 0.3) is 22.2 Å². The van der Waals surface area contributed by atoms with E-state index in [0.29, 0.717) is 23.2 Å². The summed E-state index contributed by atoms with van der Waals surface area (Å²) < 4.78 is 10.8. The molecule has 1 N–H and O–H groups in total. The van der Waals surface area contributed by atoms with E-state index < -0.39 is 6.04 Å². The Balaban J connectivity index is 1.45. The smallest absolute Gasteiger partial charge is 0.249 e. The minimum Gasteiger partial charge on any atom is -0.462 e. The number of carbonyl (C=O) groups excluding carboxylic acids is 1. The number of hydrogen-bond acceptors (Lipinski definition) is 8. The van der Waals surface area contributed by atoms with Crippen LogP contribution in [0, 0.1) is 5.92 Å². The van der Waals surface area contributed by atoms with E-state index in [1.54, 1.807) is 30.8 Å². The van der Waals surface area contributed by atoms with Crippen LogP contribution in [-0.2, 0) is 11.2 Å². The Hall–Kier alpha value is -3.33. The van der Waals surface area contributed by atoms with Crippen LogP contribution in [0.1, 0.15) is 31.5 Å². The van der Waals surface area contributed by atoms with Gasteiger partial charge in [0.2, 0.25) is 17.6 Å². The number of nitrogens with one attached hydrogen (secondary N) is 1.